The topological polar surface area (TPSA) is 79.8 Å². The summed E-state index contributed by atoms with van der Waals surface area (Å²) in [6.07, 6.45) is 0. The normalized spacial score (nSPS) is 19.6. The fraction of sp³-hybridized carbons (Fsp3) is 0.333. The molecule has 1 fully saturated rings. The molecule has 0 saturated carbocycles. The van der Waals surface area contributed by atoms with Gasteiger partial charge >= 0.3 is 6.61 Å². The number of piperazine rings is 1. The molecule has 2 aliphatic heterocycles. The molecule has 10 heteroatoms. The minimum absolute atomic E-state index is 0.0530. The van der Waals surface area contributed by atoms with Gasteiger partial charge < -0.3 is 9.64 Å². The van der Waals surface area contributed by atoms with Gasteiger partial charge in [-0.3, -0.25) is 9.78 Å². The van der Waals surface area contributed by atoms with E-state index in [1.165, 1.54) is 22.5 Å². The van der Waals surface area contributed by atoms with Crippen molar-refractivity contribution in [3.05, 3.63) is 53.3 Å². The van der Waals surface area contributed by atoms with E-state index in [-0.39, 0.29) is 36.2 Å². The van der Waals surface area contributed by atoms with Crippen molar-refractivity contribution in [2.24, 2.45) is 0 Å². The van der Waals surface area contributed by atoms with Gasteiger partial charge in [-0.2, -0.15) is 13.1 Å². The maximum Gasteiger partial charge on any atom is 0.387 e. The van der Waals surface area contributed by atoms with Crippen LogP contribution in [0.5, 0.6) is 5.75 Å². The molecule has 2 aromatic rings. The van der Waals surface area contributed by atoms with Gasteiger partial charge in [0.25, 0.3) is 5.91 Å². The fourth-order valence-corrected chi connectivity index (χ4v) is 5.05. The number of amides is 1. The van der Waals surface area contributed by atoms with E-state index in [1.807, 2.05) is 0 Å². The lowest BCUT2D eigenvalue weighted by Gasteiger charge is -2.36. The molecule has 1 amide bonds. The lowest BCUT2D eigenvalue weighted by molar-refractivity contribution is -0.0500. The van der Waals surface area contributed by atoms with E-state index in [0.717, 1.165) is 11.8 Å². The van der Waals surface area contributed by atoms with Gasteiger partial charge in [0.05, 0.1) is 22.2 Å². The zero-order valence-corrected chi connectivity index (χ0v) is 15.7. The first-order valence-electron chi connectivity index (χ1n) is 8.61. The van der Waals surface area contributed by atoms with Crippen LogP contribution in [0.4, 0.5) is 8.78 Å². The third kappa shape index (κ3) is 3.12. The van der Waals surface area contributed by atoms with Crippen LogP contribution in [0.1, 0.15) is 27.8 Å². The number of benzene rings is 1. The molecule has 1 aromatic carbocycles. The maximum absolute atomic E-state index is 13.0. The SMILES string of the molecule is Cc1ccc2c(n1)C1CN(S(=O)(=O)c3cccc(OC(F)F)c3)CCN1C2=O. The summed E-state index contributed by atoms with van der Waals surface area (Å²) in [5, 5.41) is 0. The number of nitrogens with zero attached hydrogens (tertiary/aromatic N) is 3. The number of fused-ring (bicyclic) bond motifs is 3. The number of aromatic nitrogens is 1. The summed E-state index contributed by atoms with van der Waals surface area (Å²) >= 11 is 0. The molecule has 4 rings (SSSR count). The molecule has 0 N–H and O–H groups in total. The zero-order chi connectivity index (χ0) is 20.1. The molecular weight excluding hydrogens is 392 g/mol. The lowest BCUT2D eigenvalue weighted by atomic mass is 10.1. The molecule has 0 spiro atoms. The zero-order valence-electron chi connectivity index (χ0n) is 14.9. The molecule has 28 heavy (non-hydrogen) atoms. The van der Waals surface area contributed by atoms with Gasteiger partial charge in [0, 0.05) is 31.4 Å². The van der Waals surface area contributed by atoms with Crippen LogP contribution in [0.2, 0.25) is 0 Å². The van der Waals surface area contributed by atoms with E-state index in [9.17, 15) is 22.0 Å². The van der Waals surface area contributed by atoms with Gasteiger partial charge in [-0.1, -0.05) is 6.07 Å². The van der Waals surface area contributed by atoms with Crippen LogP contribution in [0.3, 0.4) is 0 Å². The van der Waals surface area contributed by atoms with Crippen LogP contribution in [0.15, 0.2) is 41.3 Å². The fourth-order valence-electron chi connectivity index (χ4n) is 3.58. The first-order valence-corrected chi connectivity index (χ1v) is 10.0. The number of sulfonamides is 1. The van der Waals surface area contributed by atoms with Crippen molar-refractivity contribution in [3.8, 4) is 5.75 Å². The third-order valence-electron chi connectivity index (χ3n) is 4.88. The number of ether oxygens (including phenoxy) is 1. The Bertz CT molecular complexity index is 1040. The molecule has 2 aliphatic rings. The van der Waals surface area contributed by atoms with Crippen molar-refractivity contribution in [3.63, 3.8) is 0 Å². The largest absolute Gasteiger partial charge is 0.435 e. The number of aryl methyl sites for hydroxylation is 1. The molecule has 7 nitrogen and oxygen atoms in total. The Morgan fingerprint density at radius 3 is 2.75 bits per heavy atom. The minimum atomic E-state index is -3.95. The molecule has 1 unspecified atom stereocenters. The molecule has 1 saturated heterocycles. The first-order chi connectivity index (χ1) is 13.3. The number of pyridine rings is 1. The van der Waals surface area contributed by atoms with Gasteiger partial charge in [0.2, 0.25) is 10.0 Å². The summed E-state index contributed by atoms with van der Waals surface area (Å²) in [4.78, 5) is 18.5. The highest BCUT2D eigenvalue weighted by atomic mass is 32.2. The van der Waals surface area contributed by atoms with E-state index in [4.69, 9.17) is 0 Å². The number of carbonyl (C=O) groups is 1. The summed E-state index contributed by atoms with van der Waals surface area (Å²) in [5.74, 6) is -0.384. The maximum atomic E-state index is 13.0. The van der Waals surface area contributed by atoms with E-state index >= 15 is 0 Å². The Hall–Kier alpha value is -2.59. The summed E-state index contributed by atoms with van der Waals surface area (Å²) in [6, 6.07) is 8.01. The second-order valence-electron chi connectivity index (χ2n) is 6.62. The Morgan fingerprint density at radius 1 is 1.21 bits per heavy atom. The number of halogens is 2. The average molecular weight is 409 g/mol. The van der Waals surface area contributed by atoms with Gasteiger partial charge in [0.1, 0.15) is 5.75 Å². The Labute approximate surface area is 160 Å². The molecular formula is C18H17F2N3O4S. The Balaban J connectivity index is 1.64. The van der Waals surface area contributed by atoms with Crippen molar-refractivity contribution in [2.45, 2.75) is 24.5 Å². The van der Waals surface area contributed by atoms with Crippen molar-refractivity contribution in [1.82, 2.24) is 14.2 Å². The predicted molar refractivity (Wildman–Crippen MR) is 94.6 cm³/mol. The Morgan fingerprint density at radius 2 is 2.00 bits per heavy atom. The molecule has 3 heterocycles. The predicted octanol–water partition coefficient (Wildman–Crippen LogP) is 2.19. The average Bonchev–Trinajstić information content (AvgIpc) is 2.93. The van der Waals surface area contributed by atoms with E-state index in [2.05, 4.69) is 9.72 Å². The van der Waals surface area contributed by atoms with Crippen LogP contribution in [-0.4, -0.2) is 54.8 Å². The van der Waals surface area contributed by atoms with Crippen molar-refractivity contribution in [2.75, 3.05) is 19.6 Å². The highest BCUT2D eigenvalue weighted by Gasteiger charge is 2.44. The second kappa shape index (κ2) is 6.78. The lowest BCUT2D eigenvalue weighted by Crippen LogP contribution is -2.49. The van der Waals surface area contributed by atoms with Crippen LogP contribution in [0, 0.1) is 6.92 Å². The van der Waals surface area contributed by atoms with E-state index < -0.39 is 22.7 Å². The van der Waals surface area contributed by atoms with E-state index in [0.29, 0.717) is 11.3 Å². The summed E-state index contributed by atoms with van der Waals surface area (Å²) < 4.78 is 56.5. The van der Waals surface area contributed by atoms with E-state index in [1.54, 1.807) is 24.0 Å². The number of rotatable bonds is 4. The summed E-state index contributed by atoms with van der Waals surface area (Å²) in [6.45, 7) is -0.851. The third-order valence-corrected chi connectivity index (χ3v) is 6.74. The quantitative estimate of drug-likeness (QED) is 0.774. The van der Waals surface area contributed by atoms with Crippen LogP contribution >= 0.6 is 0 Å². The number of alkyl halides is 2. The smallest absolute Gasteiger partial charge is 0.387 e. The van der Waals surface area contributed by atoms with Gasteiger partial charge in [0.15, 0.2) is 0 Å². The van der Waals surface area contributed by atoms with Crippen molar-refractivity contribution >= 4 is 15.9 Å². The van der Waals surface area contributed by atoms with Crippen LogP contribution in [0.25, 0.3) is 0 Å². The summed E-state index contributed by atoms with van der Waals surface area (Å²) in [7, 11) is -3.95. The molecule has 148 valence electrons. The number of hydrogen-bond donors (Lipinski definition) is 0. The second-order valence-corrected chi connectivity index (χ2v) is 8.55. The van der Waals surface area contributed by atoms with Gasteiger partial charge in [-0.25, -0.2) is 8.42 Å². The number of carbonyl (C=O) groups excluding carboxylic acids is 1. The molecule has 0 aliphatic carbocycles. The van der Waals surface area contributed by atoms with Gasteiger partial charge in [-0.05, 0) is 31.2 Å². The molecule has 0 bridgehead atoms. The summed E-state index contributed by atoms with van der Waals surface area (Å²) in [5.41, 5.74) is 1.80. The minimum Gasteiger partial charge on any atom is -0.435 e. The number of hydrogen-bond acceptors (Lipinski definition) is 5. The molecule has 0 radical (unpaired) electrons. The standard InChI is InChI=1S/C18H17F2N3O4S/c1-11-5-6-14-16(21-11)15-10-22(7-8-23(15)17(14)24)28(25,26)13-4-2-3-12(9-13)27-18(19)20/h2-6,9,15,18H,7-8,10H2,1H3. The Kier molecular flexibility index (Phi) is 4.54. The van der Waals surface area contributed by atoms with Gasteiger partial charge in [-0.15, -0.1) is 0 Å². The monoisotopic (exact) mass is 409 g/mol. The highest BCUT2D eigenvalue weighted by Crippen LogP contribution is 2.36. The van der Waals surface area contributed by atoms with Crippen molar-refractivity contribution < 1.29 is 26.7 Å². The first kappa shape index (κ1) is 18.8. The molecule has 1 atom stereocenters. The van der Waals surface area contributed by atoms with Crippen molar-refractivity contribution in [1.29, 1.82) is 0 Å². The molecule has 1 aromatic heterocycles. The van der Waals surface area contributed by atoms with Crippen LogP contribution < -0.4 is 4.74 Å². The van der Waals surface area contributed by atoms with Crippen LogP contribution in [-0.2, 0) is 10.0 Å². The highest BCUT2D eigenvalue weighted by molar-refractivity contribution is 7.89.